The molecule has 0 saturated heterocycles. The molecule has 0 saturated carbocycles. The zero-order chi connectivity index (χ0) is 26.2. The third-order valence-corrected chi connectivity index (χ3v) is 7.90. The van der Waals surface area contributed by atoms with Crippen molar-refractivity contribution >= 4 is 65.4 Å². The summed E-state index contributed by atoms with van der Waals surface area (Å²) in [6.07, 6.45) is 0. The van der Waals surface area contributed by atoms with E-state index in [1.54, 1.807) is 0 Å². The largest absolute Gasteiger partial charge is 0.456 e. The van der Waals surface area contributed by atoms with Crippen LogP contribution in [0.2, 0.25) is 0 Å². The van der Waals surface area contributed by atoms with Crippen LogP contribution in [0, 0.1) is 0 Å². The molecule has 0 aliphatic heterocycles. The average molecular weight is 513 g/mol. The van der Waals surface area contributed by atoms with Gasteiger partial charge < -0.3 is 8.83 Å². The molecule has 9 aromatic rings. The highest BCUT2D eigenvalue weighted by atomic mass is 16.4. The highest BCUT2D eigenvalue weighted by Crippen LogP contribution is 2.37. The normalized spacial score (nSPS) is 12.0. The molecule has 40 heavy (non-hydrogen) atoms. The van der Waals surface area contributed by atoms with Crippen molar-refractivity contribution in [3.8, 4) is 22.8 Å². The third-order valence-electron chi connectivity index (χ3n) is 7.90. The molecule has 0 bridgehead atoms. The van der Waals surface area contributed by atoms with Crippen molar-refractivity contribution in [1.82, 2.24) is 9.97 Å². The standard InChI is InChI=1S/C36H20N2O2/c1-2-10-24-22(8-1)23-9-3-4-11-25(23)28-18-21(16-17-26(24)28)30-13-7-14-31(37-30)36-38-32-20-34-29(19-35(32)40-36)27-12-5-6-15-33(27)39-34/h1-20H. The molecule has 0 amide bonds. The molecule has 0 N–H and O–H groups in total. The van der Waals surface area contributed by atoms with Crippen molar-refractivity contribution in [2.24, 2.45) is 0 Å². The summed E-state index contributed by atoms with van der Waals surface area (Å²) >= 11 is 0. The Bertz CT molecular complexity index is 2410. The van der Waals surface area contributed by atoms with Crippen LogP contribution in [0.15, 0.2) is 130 Å². The van der Waals surface area contributed by atoms with E-state index in [0.717, 1.165) is 38.7 Å². The Kier molecular flexibility index (Phi) is 4.30. The summed E-state index contributed by atoms with van der Waals surface area (Å²) in [5, 5.41) is 9.57. The second-order valence-electron chi connectivity index (χ2n) is 10.2. The van der Waals surface area contributed by atoms with Crippen molar-refractivity contribution in [3.05, 3.63) is 121 Å². The van der Waals surface area contributed by atoms with Gasteiger partial charge in [-0.15, -0.1) is 0 Å². The minimum absolute atomic E-state index is 0.492. The van der Waals surface area contributed by atoms with Crippen LogP contribution in [0.5, 0.6) is 0 Å². The molecule has 6 aromatic carbocycles. The lowest BCUT2D eigenvalue weighted by Gasteiger charge is -2.12. The Hall–Kier alpha value is -5.48. The molecule has 0 radical (unpaired) electrons. The van der Waals surface area contributed by atoms with Gasteiger partial charge in [0.05, 0.1) is 5.69 Å². The van der Waals surface area contributed by atoms with Gasteiger partial charge in [0.15, 0.2) is 5.58 Å². The van der Waals surface area contributed by atoms with E-state index in [1.807, 2.05) is 48.5 Å². The zero-order valence-electron chi connectivity index (χ0n) is 21.3. The lowest BCUT2D eigenvalue weighted by atomic mass is 9.93. The number of benzene rings is 6. The third kappa shape index (κ3) is 3.07. The molecule has 0 spiro atoms. The molecular formula is C36H20N2O2. The van der Waals surface area contributed by atoms with Crippen LogP contribution in [0.4, 0.5) is 0 Å². The predicted molar refractivity (Wildman–Crippen MR) is 162 cm³/mol. The van der Waals surface area contributed by atoms with Crippen LogP contribution in [0.3, 0.4) is 0 Å². The number of oxazole rings is 1. The van der Waals surface area contributed by atoms with Crippen molar-refractivity contribution in [2.45, 2.75) is 0 Å². The highest BCUT2D eigenvalue weighted by molar-refractivity contribution is 6.25. The number of nitrogens with zero attached hydrogens (tertiary/aromatic N) is 2. The molecular weight excluding hydrogens is 492 g/mol. The van der Waals surface area contributed by atoms with Crippen LogP contribution >= 0.6 is 0 Å². The fourth-order valence-corrected chi connectivity index (χ4v) is 6.04. The second kappa shape index (κ2) is 8.01. The summed E-state index contributed by atoms with van der Waals surface area (Å²) in [4.78, 5) is 9.76. The summed E-state index contributed by atoms with van der Waals surface area (Å²) in [5.74, 6) is 0.492. The van der Waals surface area contributed by atoms with E-state index >= 15 is 0 Å². The Balaban J connectivity index is 1.19. The fraction of sp³-hybridized carbons (Fsp3) is 0. The number of para-hydroxylation sites is 1. The first-order valence-corrected chi connectivity index (χ1v) is 13.3. The summed E-state index contributed by atoms with van der Waals surface area (Å²) in [7, 11) is 0. The minimum atomic E-state index is 0.492. The van der Waals surface area contributed by atoms with Gasteiger partial charge in [0, 0.05) is 22.4 Å². The van der Waals surface area contributed by atoms with Crippen LogP contribution in [-0.4, -0.2) is 9.97 Å². The number of aromatic nitrogens is 2. The van der Waals surface area contributed by atoms with E-state index in [4.69, 9.17) is 18.8 Å². The van der Waals surface area contributed by atoms with Gasteiger partial charge in [-0.05, 0) is 62.6 Å². The molecule has 186 valence electrons. The number of pyridine rings is 1. The van der Waals surface area contributed by atoms with Crippen molar-refractivity contribution in [3.63, 3.8) is 0 Å². The number of rotatable bonds is 2. The molecule has 0 atom stereocenters. The van der Waals surface area contributed by atoms with Gasteiger partial charge in [-0.3, -0.25) is 0 Å². The van der Waals surface area contributed by atoms with Gasteiger partial charge in [0.1, 0.15) is 22.4 Å². The van der Waals surface area contributed by atoms with E-state index in [2.05, 4.69) is 72.8 Å². The Labute approximate surface area is 228 Å². The Morgan fingerprint density at radius 2 is 1.02 bits per heavy atom. The fourth-order valence-electron chi connectivity index (χ4n) is 6.04. The summed E-state index contributed by atoms with van der Waals surface area (Å²) in [6.45, 7) is 0. The molecule has 0 unspecified atom stereocenters. The van der Waals surface area contributed by atoms with Crippen molar-refractivity contribution in [1.29, 1.82) is 0 Å². The minimum Gasteiger partial charge on any atom is -0.456 e. The van der Waals surface area contributed by atoms with Gasteiger partial charge in [-0.25, -0.2) is 9.97 Å². The number of hydrogen-bond donors (Lipinski definition) is 0. The van der Waals surface area contributed by atoms with Crippen LogP contribution < -0.4 is 0 Å². The maximum atomic E-state index is 6.23. The lowest BCUT2D eigenvalue weighted by molar-refractivity contribution is 0.617. The number of fused-ring (bicyclic) bond motifs is 10. The van der Waals surface area contributed by atoms with E-state index in [1.165, 1.54) is 32.3 Å². The molecule has 3 aromatic heterocycles. The first kappa shape index (κ1) is 21.5. The summed E-state index contributed by atoms with van der Waals surface area (Å²) < 4.78 is 12.3. The average Bonchev–Trinajstić information content (AvgIpc) is 3.60. The first-order chi connectivity index (χ1) is 19.8. The highest BCUT2D eigenvalue weighted by Gasteiger charge is 2.15. The van der Waals surface area contributed by atoms with Gasteiger partial charge in [0.25, 0.3) is 0 Å². The van der Waals surface area contributed by atoms with E-state index < -0.39 is 0 Å². The molecule has 3 heterocycles. The smallest absolute Gasteiger partial charge is 0.246 e. The summed E-state index contributed by atoms with van der Waals surface area (Å²) in [6, 6.07) is 41.8. The number of furan rings is 1. The van der Waals surface area contributed by atoms with E-state index in [0.29, 0.717) is 17.2 Å². The maximum absolute atomic E-state index is 6.23. The predicted octanol–water partition coefficient (Wildman–Crippen LogP) is 9.92. The van der Waals surface area contributed by atoms with Crippen LogP contribution in [-0.2, 0) is 0 Å². The van der Waals surface area contributed by atoms with E-state index in [9.17, 15) is 0 Å². The maximum Gasteiger partial charge on any atom is 0.246 e. The lowest BCUT2D eigenvalue weighted by Crippen LogP contribution is -1.89. The zero-order valence-corrected chi connectivity index (χ0v) is 21.3. The van der Waals surface area contributed by atoms with Crippen LogP contribution in [0.1, 0.15) is 0 Å². The van der Waals surface area contributed by atoms with Gasteiger partial charge in [-0.1, -0.05) is 84.9 Å². The Morgan fingerprint density at radius 3 is 1.80 bits per heavy atom. The Morgan fingerprint density at radius 1 is 0.375 bits per heavy atom. The SMILES string of the molecule is c1cc(-c2ccc3c4ccccc4c4ccccc4c3c2)nc(-c2nc3cc4oc5ccccc5c4cc3o2)c1. The molecule has 0 aliphatic carbocycles. The monoisotopic (exact) mass is 512 g/mol. The van der Waals surface area contributed by atoms with Gasteiger partial charge >= 0.3 is 0 Å². The van der Waals surface area contributed by atoms with E-state index in [-0.39, 0.29) is 0 Å². The quantitative estimate of drug-likeness (QED) is 0.216. The molecule has 4 heteroatoms. The molecule has 0 aliphatic rings. The van der Waals surface area contributed by atoms with Crippen molar-refractivity contribution in [2.75, 3.05) is 0 Å². The van der Waals surface area contributed by atoms with Gasteiger partial charge in [-0.2, -0.15) is 0 Å². The summed E-state index contributed by atoms with van der Waals surface area (Å²) in [5.41, 5.74) is 5.73. The number of hydrogen-bond acceptors (Lipinski definition) is 4. The van der Waals surface area contributed by atoms with Gasteiger partial charge in [0.2, 0.25) is 5.89 Å². The second-order valence-corrected chi connectivity index (χ2v) is 10.2. The molecule has 9 rings (SSSR count). The molecule has 4 nitrogen and oxygen atoms in total. The van der Waals surface area contributed by atoms with Crippen molar-refractivity contribution < 1.29 is 8.83 Å². The molecule has 0 fully saturated rings. The topological polar surface area (TPSA) is 52.1 Å². The first-order valence-electron chi connectivity index (χ1n) is 13.3. The van der Waals surface area contributed by atoms with Crippen LogP contribution in [0.25, 0.3) is 88.2 Å².